The van der Waals surface area contributed by atoms with Crippen molar-refractivity contribution in [2.24, 2.45) is 0 Å². The lowest BCUT2D eigenvalue weighted by atomic mass is 9.99. The Morgan fingerprint density at radius 2 is 1.64 bits per heavy atom. The van der Waals surface area contributed by atoms with E-state index < -0.39 is 11.7 Å². The lowest BCUT2D eigenvalue weighted by Gasteiger charge is -2.35. The van der Waals surface area contributed by atoms with Gasteiger partial charge in [-0.3, -0.25) is 4.79 Å². The molecule has 170 valence electrons. The van der Waals surface area contributed by atoms with Gasteiger partial charge < -0.3 is 9.80 Å². The number of anilines is 1. The van der Waals surface area contributed by atoms with Crippen LogP contribution in [-0.4, -0.2) is 47.0 Å². The summed E-state index contributed by atoms with van der Waals surface area (Å²) in [6.45, 7) is 1.79. The van der Waals surface area contributed by atoms with E-state index in [-0.39, 0.29) is 17.0 Å². The number of rotatable bonds is 4. The van der Waals surface area contributed by atoms with Gasteiger partial charge in [-0.25, -0.2) is 9.97 Å². The van der Waals surface area contributed by atoms with E-state index in [0.717, 1.165) is 12.1 Å². The van der Waals surface area contributed by atoms with Crippen molar-refractivity contribution in [3.63, 3.8) is 0 Å². The molecule has 1 aliphatic rings. The molecule has 0 unspecified atom stereocenters. The molecule has 0 bridgehead atoms. The summed E-state index contributed by atoms with van der Waals surface area (Å²) in [5, 5.41) is 0.404. The zero-order valence-corrected chi connectivity index (χ0v) is 18.2. The van der Waals surface area contributed by atoms with Crippen LogP contribution in [0.5, 0.6) is 0 Å². The number of alkyl halides is 3. The lowest BCUT2D eigenvalue weighted by molar-refractivity contribution is -0.137. The quantitative estimate of drug-likeness (QED) is 0.394. The van der Waals surface area contributed by atoms with Crippen molar-refractivity contribution >= 4 is 35.1 Å². The molecule has 9 heteroatoms. The average molecular weight is 473 g/mol. The number of benzene rings is 2. The highest BCUT2D eigenvalue weighted by Crippen LogP contribution is 2.32. The molecule has 1 fully saturated rings. The van der Waals surface area contributed by atoms with Crippen LogP contribution in [0.2, 0.25) is 5.02 Å². The predicted molar refractivity (Wildman–Crippen MR) is 122 cm³/mol. The summed E-state index contributed by atoms with van der Waals surface area (Å²) in [5.74, 6) is 0.220. The number of amides is 1. The van der Waals surface area contributed by atoms with Crippen molar-refractivity contribution in [2.45, 2.75) is 6.18 Å². The molecule has 5 nitrogen and oxygen atoms in total. The number of nitrogens with zero attached hydrogens (tertiary/aromatic N) is 4. The molecule has 0 saturated carbocycles. The number of carbonyl (C=O) groups is 1. The number of aromatic nitrogens is 2. The van der Waals surface area contributed by atoms with Crippen molar-refractivity contribution in [3.05, 3.63) is 88.7 Å². The number of hydrogen-bond donors (Lipinski definition) is 0. The average Bonchev–Trinajstić information content (AvgIpc) is 2.83. The smallest absolute Gasteiger partial charge is 0.337 e. The third kappa shape index (κ3) is 5.34. The monoisotopic (exact) mass is 472 g/mol. The zero-order chi connectivity index (χ0) is 23.4. The van der Waals surface area contributed by atoms with Gasteiger partial charge in [-0.15, -0.1) is 0 Å². The summed E-state index contributed by atoms with van der Waals surface area (Å²) in [6, 6.07) is 13.4. The Morgan fingerprint density at radius 1 is 0.939 bits per heavy atom. The van der Waals surface area contributed by atoms with Gasteiger partial charge in [0.15, 0.2) is 0 Å². The Kier molecular flexibility index (Phi) is 6.65. The van der Waals surface area contributed by atoms with Crippen molar-refractivity contribution in [3.8, 4) is 0 Å². The first-order valence-corrected chi connectivity index (χ1v) is 10.7. The minimum absolute atomic E-state index is 0.151. The van der Waals surface area contributed by atoms with E-state index in [1.54, 1.807) is 53.7 Å². The molecule has 33 heavy (non-hydrogen) atoms. The van der Waals surface area contributed by atoms with Crippen LogP contribution in [-0.2, 0) is 11.0 Å². The minimum Gasteiger partial charge on any atom is -0.337 e. The van der Waals surface area contributed by atoms with Gasteiger partial charge in [0.2, 0.25) is 5.95 Å². The Hall–Kier alpha value is -3.39. The van der Waals surface area contributed by atoms with Crippen LogP contribution in [0, 0.1) is 0 Å². The fourth-order valence-corrected chi connectivity index (χ4v) is 3.80. The van der Waals surface area contributed by atoms with Crippen LogP contribution in [0.25, 0.3) is 11.6 Å². The van der Waals surface area contributed by atoms with Crippen LogP contribution in [0.15, 0.2) is 67.0 Å². The molecule has 1 aromatic heterocycles. The Bertz CT molecular complexity index is 1160. The van der Waals surface area contributed by atoms with E-state index >= 15 is 0 Å². The summed E-state index contributed by atoms with van der Waals surface area (Å²) in [7, 11) is 0. The first-order chi connectivity index (χ1) is 15.8. The summed E-state index contributed by atoms with van der Waals surface area (Å²) in [4.78, 5) is 25.6. The summed E-state index contributed by atoms with van der Waals surface area (Å²) >= 11 is 6.27. The molecule has 1 amide bonds. The maximum Gasteiger partial charge on any atom is 0.416 e. The maximum absolute atomic E-state index is 13.5. The van der Waals surface area contributed by atoms with E-state index in [0.29, 0.717) is 42.7 Å². The second kappa shape index (κ2) is 9.62. The Morgan fingerprint density at radius 3 is 2.30 bits per heavy atom. The number of halogens is 4. The number of hydrogen-bond acceptors (Lipinski definition) is 4. The fraction of sp³-hybridized carbons (Fsp3) is 0.208. The second-order valence-electron chi connectivity index (χ2n) is 7.49. The highest BCUT2D eigenvalue weighted by atomic mass is 35.5. The van der Waals surface area contributed by atoms with E-state index in [4.69, 9.17) is 11.6 Å². The van der Waals surface area contributed by atoms with Crippen LogP contribution < -0.4 is 4.90 Å². The number of piperazine rings is 1. The molecular formula is C24H20ClF3N4O. The highest BCUT2D eigenvalue weighted by molar-refractivity contribution is 6.33. The normalized spacial score (nSPS) is 15.0. The second-order valence-corrected chi connectivity index (χ2v) is 7.89. The molecule has 0 spiro atoms. The summed E-state index contributed by atoms with van der Waals surface area (Å²) in [5.41, 5.74) is 0.0716. The molecule has 0 aliphatic carbocycles. The van der Waals surface area contributed by atoms with Crippen LogP contribution >= 0.6 is 11.6 Å². The predicted octanol–water partition coefficient (Wildman–Crippen LogP) is 5.04. The van der Waals surface area contributed by atoms with Crippen molar-refractivity contribution in [2.75, 3.05) is 31.1 Å². The minimum atomic E-state index is -4.52. The molecule has 4 rings (SSSR count). The maximum atomic E-state index is 13.5. The van der Waals surface area contributed by atoms with Crippen molar-refractivity contribution in [1.82, 2.24) is 14.9 Å². The van der Waals surface area contributed by atoms with E-state index in [2.05, 4.69) is 9.97 Å². The van der Waals surface area contributed by atoms with E-state index in [1.165, 1.54) is 12.1 Å². The molecule has 0 atom stereocenters. The largest absolute Gasteiger partial charge is 0.416 e. The standard InChI is InChI=1S/C24H20ClF3N4O/c25-21-8-2-1-5-18(21)16-20(17-6-3-7-19(15-17)24(26,27)28)22(33)31-11-13-32(14-12-31)23-29-9-4-10-30-23/h1-10,15-16H,11-14H2/b20-16+. The first kappa shape index (κ1) is 22.8. The third-order valence-electron chi connectivity index (χ3n) is 5.34. The molecule has 0 radical (unpaired) electrons. The third-order valence-corrected chi connectivity index (χ3v) is 5.68. The van der Waals surface area contributed by atoms with Crippen LogP contribution in [0.1, 0.15) is 16.7 Å². The van der Waals surface area contributed by atoms with E-state index in [1.807, 2.05) is 4.90 Å². The molecule has 1 saturated heterocycles. The SMILES string of the molecule is O=C(/C(=C/c1ccccc1Cl)c1cccc(C(F)(F)F)c1)N1CCN(c2ncccn2)CC1. The van der Waals surface area contributed by atoms with Crippen LogP contribution in [0.4, 0.5) is 19.1 Å². The van der Waals surface area contributed by atoms with Crippen LogP contribution in [0.3, 0.4) is 0 Å². The number of carbonyl (C=O) groups excluding carboxylic acids is 1. The zero-order valence-electron chi connectivity index (χ0n) is 17.5. The van der Waals surface area contributed by atoms with Crippen molar-refractivity contribution < 1.29 is 18.0 Å². The molecule has 3 aromatic rings. The molecular weight excluding hydrogens is 453 g/mol. The van der Waals surface area contributed by atoms with Gasteiger partial charge in [0.25, 0.3) is 5.91 Å². The van der Waals surface area contributed by atoms with Gasteiger partial charge in [0, 0.05) is 49.2 Å². The fourth-order valence-electron chi connectivity index (χ4n) is 3.61. The molecule has 2 heterocycles. The Balaban J connectivity index is 1.64. The van der Waals surface area contributed by atoms with Gasteiger partial charge in [-0.2, -0.15) is 13.2 Å². The Labute approximate surface area is 194 Å². The van der Waals surface area contributed by atoms with E-state index in [9.17, 15) is 18.0 Å². The molecule has 2 aromatic carbocycles. The molecule has 1 aliphatic heterocycles. The van der Waals surface area contributed by atoms with Gasteiger partial charge >= 0.3 is 6.18 Å². The van der Waals surface area contributed by atoms with Gasteiger partial charge in [-0.1, -0.05) is 41.9 Å². The molecule has 0 N–H and O–H groups in total. The summed E-state index contributed by atoms with van der Waals surface area (Å²) < 4.78 is 40.0. The van der Waals surface area contributed by atoms with Gasteiger partial charge in [-0.05, 0) is 41.5 Å². The first-order valence-electron chi connectivity index (χ1n) is 10.3. The van der Waals surface area contributed by atoms with Gasteiger partial charge in [0.1, 0.15) is 0 Å². The lowest BCUT2D eigenvalue weighted by Crippen LogP contribution is -2.49. The van der Waals surface area contributed by atoms with Crippen molar-refractivity contribution in [1.29, 1.82) is 0 Å². The summed E-state index contributed by atoms with van der Waals surface area (Å²) in [6.07, 6.45) is 0.332. The highest BCUT2D eigenvalue weighted by Gasteiger charge is 2.32. The van der Waals surface area contributed by atoms with Gasteiger partial charge in [0.05, 0.1) is 5.56 Å². The topological polar surface area (TPSA) is 49.3 Å².